The van der Waals surface area contributed by atoms with Crippen LogP contribution in [0.25, 0.3) is 0 Å². The van der Waals surface area contributed by atoms with Crippen LogP contribution in [0, 0.1) is 6.92 Å². The highest BCUT2D eigenvalue weighted by atomic mass is 35.5. The van der Waals surface area contributed by atoms with E-state index in [1.807, 2.05) is 19.1 Å². The first-order valence-corrected chi connectivity index (χ1v) is 9.44. The van der Waals surface area contributed by atoms with Gasteiger partial charge < -0.3 is 10.6 Å². The lowest BCUT2D eigenvalue weighted by molar-refractivity contribution is 0.0959. The maximum Gasteiger partial charge on any atom is 0.263 e. The molecule has 10 heteroatoms. The van der Waals surface area contributed by atoms with E-state index in [1.54, 1.807) is 25.4 Å². The Morgan fingerprint density at radius 1 is 1.30 bits per heavy atom. The van der Waals surface area contributed by atoms with Crippen LogP contribution in [0.5, 0.6) is 0 Å². The van der Waals surface area contributed by atoms with Crippen LogP contribution >= 0.6 is 22.9 Å². The summed E-state index contributed by atoms with van der Waals surface area (Å²) in [6.45, 7) is 4.76. The van der Waals surface area contributed by atoms with Crippen LogP contribution in [0.3, 0.4) is 0 Å². The molecule has 0 radical (unpaired) electrons. The van der Waals surface area contributed by atoms with Gasteiger partial charge in [0.05, 0.1) is 5.69 Å². The van der Waals surface area contributed by atoms with E-state index in [9.17, 15) is 4.79 Å². The number of nitrogens with one attached hydrogen (secondary N) is 3. The first kappa shape index (κ1) is 19.0. The molecule has 0 spiro atoms. The molecule has 0 aromatic carbocycles. The summed E-state index contributed by atoms with van der Waals surface area (Å²) in [5.41, 5.74) is 1.66. The van der Waals surface area contributed by atoms with Gasteiger partial charge in [-0.1, -0.05) is 29.0 Å². The molecule has 1 amide bonds. The molecular formula is C17H18ClN7OS. The van der Waals surface area contributed by atoms with Gasteiger partial charge in [0.2, 0.25) is 5.95 Å². The summed E-state index contributed by atoms with van der Waals surface area (Å²) >= 11 is 7.34. The Bertz CT molecular complexity index is 932. The third-order valence-corrected chi connectivity index (χ3v) is 4.72. The van der Waals surface area contributed by atoms with E-state index in [2.05, 4.69) is 35.9 Å². The van der Waals surface area contributed by atoms with Gasteiger partial charge in [0.1, 0.15) is 15.8 Å². The first-order valence-electron chi connectivity index (χ1n) is 8.25. The van der Waals surface area contributed by atoms with Gasteiger partial charge >= 0.3 is 0 Å². The molecule has 27 heavy (non-hydrogen) atoms. The van der Waals surface area contributed by atoms with Crippen molar-refractivity contribution in [3.63, 3.8) is 0 Å². The summed E-state index contributed by atoms with van der Waals surface area (Å²) in [6.07, 6.45) is 3.49. The van der Waals surface area contributed by atoms with Crippen molar-refractivity contribution in [2.24, 2.45) is 0 Å². The van der Waals surface area contributed by atoms with Crippen LogP contribution in [0.2, 0.25) is 5.15 Å². The quantitative estimate of drug-likeness (QED) is 0.519. The highest BCUT2D eigenvalue weighted by molar-refractivity contribution is 7.17. The molecule has 3 N–H and O–H groups in total. The predicted octanol–water partition coefficient (Wildman–Crippen LogP) is 3.40. The lowest BCUT2D eigenvalue weighted by Gasteiger charge is -2.08. The smallest absolute Gasteiger partial charge is 0.263 e. The predicted molar refractivity (Wildman–Crippen MR) is 107 cm³/mol. The van der Waals surface area contributed by atoms with Crippen LogP contribution in [-0.4, -0.2) is 32.4 Å². The molecule has 8 nitrogen and oxygen atoms in total. The topological polar surface area (TPSA) is 105 Å². The van der Waals surface area contributed by atoms with Gasteiger partial charge in [0.25, 0.3) is 5.91 Å². The van der Waals surface area contributed by atoms with Crippen molar-refractivity contribution in [3.8, 4) is 0 Å². The van der Waals surface area contributed by atoms with E-state index >= 15 is 0 Å². The van der Waals surface area contributed by atoms with Crippen LogP contribution in [-0.2, 0) is 6.54 Å². The number of rotatable bonds is 7. The molecule has 0 saturated heterocycles. The summed E-state index contributed by atoms with van der Waals surface area (Å²) in [4.78, 5) is 29.6. The van der Waals surface area contributed by atoms with E-state index in [0.29, 0.717) is 45.7 Å². The molecule has 3 rings (SSSR count). The lowest BCUT2D eigenvalue weighted by atomic mass is 10.3. The molecule has 0 fully saturated rings. The SMILES string of the molecule is CCNC(=O)c1sc(Nc2nc(Cl)cc(NCc3cccnc3)n2)nc1C. The zero-order valence-electron chi connectivity index (χ0n) is 14.8. The summed E-state index contributed by atoms with van der Waals surface area (Å²) < 4.78 is 0. The molecule has 0 saturated carbocycles. The van der Waals surface area contributed by atoms with Crippen molar-refractivity contribution in [3.05, 3.63) is 51.9 Å². The average Bonchev–Trinajstić information content (AvgIpc) is 3.01. The van der Waals surface area contributed by atoms with E-state index in [1.165, 1.54) is 11.3 Å². The number of nitrogens with zero attached hydrogens (tertiary/aromatic N) is 4. The maximum atomic E-state index is 12.0. The zero-order chi connectivity index (χ0) is 19.2. The average molecular weight is 404 g/mol. The third kappa shape index (κ3) is 5.11. The Morgan fingerprint density at radius 2 is 2.15 bits per heavy atom. The fourth-order valence-electron chi connectivity index (χ4n) is 2.26. The Labute approximate surface area is 165 Å². The van der Waals surface area contributed by atoms with Crippen molar-refractivity contribution in [2.45, 2.75) is 20.4 Å². The van der Waals surface area contributed by atoms with E-state index < -0.39 is 0 Å². The van der Waals surface area contributed by atoms with Crippen LogP contribution in [0.15, 0.2) is 30.6 Å². The molecule has 0 aliphatic heterocycles. The number of hydrogen-bond acceptors (Lipinski definition) is 8. The summed E-state index contributed by atoms with van der Waals surface area (Å²) in [6, 6.07) is 5.47. The second-order valence-electron chi connectivity index (χ2n) is 5.53. The summed E-state index contributed by atoms with van der Waals surface area (Å²) in [7, 11) is 0. The van der Waals surface area contributed by atoms with Gasteiger partial charge in [-0.25, -0.2) is 9.97 Å². The minimum absolute atomic E-state index is 0.147. The molecule has 3 aromatic rings. The third-order valence-electron chi connectivity index (χ3n) is 3.45. The molecule has 0 aliphatic rings. The molecule has 0 unspecified atom stereocenters. The van der Waals surface area contributed by atoms with Crippen molar-refractivity contribution < 1.29 is 4.79 Å². The van der Waals surface area contributed by atoms with Crippen LogP contribution < -0.4 is 16.0 Å². The Morgan fingerprint density at radius 3 is 2.89 bits per heavy atom. The number of aromatic nitrogens is 4. The van der Waals surface area contributed by atoms with Gasteiger partial charge in [-0.15, -0.1) is 0 Å². The summed E-state index contributed by atoms with van der Waals surface area (Å²) in [5.74, 6) is 0.720. The second-order valence-corrected chi connectivity index (χ2v) is 6.92. The molecule has 3 aromatic heterocycles. The molecule has 0 aliphatic carbocycles. The number of hydrogen-bond donors (Lipinski definition) is 3. The highest BCUT2D eigenvalue weighted by Crippen LogP contribution is 2.25. The fraction of sp³-hybridized carbons (Fsp3) is 0.235. The fourth-order valence-corrected chi connectivity index (χ4v) is 3.32. The Balaban J connectivity index is 1.73. The van der Waals surface area contributed by atoms with Crippen LogP contribution in [0.1, 0.15) is 27.9 Å². The number of carbonyl (C=O) groups is 1. The van der Waals surface area contributed by atoms with Crippen molar-refractivity contribution in [1.82, 2.24) is 25.3 Å². The molecule has 0 atom stereocenters. The summed E-state index contributed by atoms with van der Waals surface area (Å²) in [5, 5.41) is 9.77. The van der Waals surface area contributed by atoms with E-state index in [4.69, 9.17) is 11.6 Å². The number of anilines is 3. The minimum atomic E-state index is -0.147. The minimum Gasteiger partial charge on any atom is -0.366 e. The van der Waals surface area contributed by atoms with E-state index in [0.717, 1.165) is 5.56 Å². The van der Waals surface area contributed by atoms with Gasteiger partial charge in [-0.3, -0.25) is 15.1 Å². The standard InChI is InChI=1S/C17H18ClN7OS/c1-3-20-15(26)14-10(2)22-17(27-14)25-16-23-12(18)7-13(24-16)21-9-11-5-4-6-19-8-11/h4-8H,3,9H2,1-2H3,(H,20,26)(H2,21,22,23,24,25). The maximum absolute atomic E-state index is 12.0. The van der Waals surface area contributed by atoms with Gasteiger partial charge in [-0.2, -0.15) is 4.98 Å². The molecular weight excluding hydrogens is 386 g/mol. The zero-order valence-corrected chi connectivity index (χ0v) is 16.4. The van der Waals surface area contributed by atoms with Crippen molar-refractivity contribution >= 4 is 45.7 Å². The van der Waals surface area contributed by atoms with Crippen molar-refractivity contribution in [2.75, 3.05) is 17.2 Å². The normalized spacial score (nSPS) is 10.5. The first-order chi connectivity index (χ1) is 13.0. The number of halogens is 1. The number of thiazole rings is 1. The largest absolute Gasteiger partial charge is 0.366 e. The lowest BCUT2D eigenvalue weighted by Crippen LogP contribution is -2.22. The highest BCUT2D eigenvalue weighted by Gasteiger charge is 2.15. The Kier molecular flexibility index (Phi) is 6.15. The van der Waals surface area contributed by atoms with Gasteiger partial charge in [0.15, 0.2) is 5.13 Å². The Hall–Kier alpha value is -2.78. The van der Waals surface area contributed by atoms with Gasteiger partial charge in [0, 0.05) is 31.5 Å². The molecule has 3 heterocycles. The molecule has 0 bridgehead atoms. The van der Waals surface area contributed by atoms with E-state index in [-0.39, 0.29) is 5.91 Å². The number of carbonyl (C=O) groups excluding carboxylic acids is 1. The number of pyridine rings is 1. The number of aryl methyl sites for hydroxylation is 1. The number of amides is 1. The second kappa shape index (κ2) is 8.74. The van der Waals surface area contributed by atoms with Gasteiger partial charge in [-0.05, 0) is 25.5 Å². The monoisotopic (exact) mass is 403 g/mol. The van der Waals surface area contributed by atoms with Crippen molar-refractivity contribution in [1.29, 1.82) is 0 Å². The molecule has 140 valence electrons. The van der Waals surface area contributed by atoms with Crippen LogP contribution in [0.4, 0.5) is 16.9 Å².